The van der Waals surface area contributed by atoms with Crippen molar-refractivity contribution in [2.75, 3.05) is 23.0 Å². The number of hydrogen-bond acceptors (Lipinski definition) is 10. The Morgan fingerprint density at radius 3 is 1.90 bits per heavy atom. The van der Waals surface area contributed by atoms with Crippen LogP contribution in [0.5, 0.6) is 0 Å². The maximum Gasteiger partial charge on any atom is 0.296 e. The van der Waals surface area contributed by atoms with Gasteiger partial charge in [-0.15, -0.1) is 5.11 Å². The molecule has 2 aromatic carbocycles. The predicted octanol–water partition coefficient (Wildman–Crippen LogP) is 1.17. The monoisotopic (exact) mass is 464 g/mol. The van der Waals surface area contributed by atoms with E-state index in [0.29, 0.717) is 0 Å². The van der Waals surface area contributed by atoms with Crippen molar-refractivity contribution in [1.82, 2.24) is 0 Å². The molecule has 0 aromatic heterocycles. The minimum Gasteiger partial charge on any atom is -0.397 e. The van der Waals surface area contributed by atoms with Crippen molar-refractivity contribution >= 4 is 52.8 Å². The Morgan fingerprint density at radius 2 is 1.38 bits per heavy atom. The van der Waals surface area contributed by atoms with Crippen LogP contribution in [-0.2, 0) is 30.1 Å². The molecule has 0 aliphatic rings. The molecule has 0 saturated heterocycles. The number of nitrogens with zero attached hydrogens (tertiary/aromatic N) is 2. The number of azo groups is 1. The standard InChI is InChI=1S/C14H16N4O8S3/c15-11-5-6-12(29(24,25)26)13(16)14(11)18-17-9-1-3-10(4-2-9)27(19,20)7-8-28(21,22)23/h1-6H,7-8,15-16H2,(H,21,22,23)(H,24,25,26). The van der Waals surface area contributed by atoms with Gasteiger partial charge in [0.15, 0.2) is 9.84 Å². The molecule has 2 aromatic rings. The van der Waals surface area contributed by atoms with E-state index in [1.54, 1.807) is 0 Å². The number of benzene rings is 2. The number of hydrogen-bond donors (Lipinski definition) is 4. The zero-order valence-corrected chi connectivity index (χ0v) is 16.9. The molecule has 0 saturated carbocycles. The zero-order valence-electron chi connectivity index (χ0n) is 14.5. The first-order valence-electron chi connectivity index (χ1n) is 7.56. The summed E-state index contributed by atoms with van der Waals surface area (Å²) in [5.74, 6) is -1.75. The minimum atomic E-state index is -4.60. The van der Waals surface area contributed by atoms with Crippen molar-refractivity contribution in [3.05, 3.63) is 36.4 Å². The van der Waals surface area contributed by atoms with E-state index in [4.69, 9.17) is 20.6 Å². The van der Waals surface area contributed by atoms with Crippen LogP contribution in [0, 0.1) is 0 Å². The molecule has 0 radical (unpaired) electrons. The molecule has 0 aliphatic carbocycles. The number of nitrogens with two attached hydrogens (primary N) is 2. The number of sulfone groups is 1. The molecule has 12 nitrogen and oxygen atoms in total. The predicted molar refractivity (Wildman–Crippen MR) is 104 cm³/mol. The van der Waals surface area contributed by atoms with Crippen LogP contribution < -0.4 is 11.5 Å². The molecule has 0 atom stereocenters. The van der Waals surface area contributed by atoms with Crippen LogP contribution in [0.15, 0.2) is 56.4 Å². The van der Waals surface area contributed by atoms with E-state index in [-0.39, 0.29) is 22.0 Å². The summed E-state index contributed by atoms with van der Waals surface area (Å²) in [7, 11) is -13.0. The molecule has 0 unspecified atom stereocenters. The number of rotatable bonds is 7. The quantitative estimate of drug-likeness (QED) is 0.260. The summed E-state index contributed by atoms with van der Waals surface area (Å²) < 4.78 is 85.9. The van der Waals surface area contributed by atoms with Gasteiger partial charge in [-0.3, -0.25) is 9.11 Å². The lowest BCUT2D eigenvalue weighted by molar-refractivity contribution is 0.481. The molecular weight excluding hydrogens is 448 g/mol. The average Bonchev–Trinajstić information content (AvgIpc) is 2.58. The first kappa shape index (κ1) is 22.7. The maximum absolute atomic E-state index is 12.0. The van der Waals surface area contributed by atoms with Gasteiger partial charge in [0.1, 0.15) is 10.6 Å². The second-order valence-electron chi connectivity index (χ2n) is 5.69. The van der Waals surface area contributed by atoms with E-state index >= 15 is 0 Å². The second-order valence-corrected chi connectivity index (χ2v) is 10.8. The highest BCUT2D eigenvalue weighted by atomic mass is 32.2. The fourth-order valence-corrected chi connectivity index (χ4v) is 5.22. The smallest absolute Gasteiger partial charge is 0.296 e. The van der Waals surface area contributed by atoms with Crippen molar-refractivity contribution in [3.63, 3.8) is 0 Å². The summed E-state index contributed by atoms with van der Waals surface area (Å²) in [6.45, 7) is 0. The Morgan fingerprint density at radius 1 is 0.793 bits per heavy atom. The van der Waals surface area contributed by atoms with Crippen molar-refractivity contribution in [3.8, 4) is 0 Å². The van der Waals surface area contributed by atoms with Crippen molar-refractivity contribution in [2.24, 2.45) is 10.2 Å². The Kier molecular flexibility index (Phi) is 6.29. The van der Waals surface area contributed by atoms with Crippen LogP contribution in [0.3, 0.4) is 0 Å². The van der Waals surface area contributed by atoms with Gasteiger partial charge in [0.2, 0.25) is 0 Å². The van der Waals surface area contributed by atoms with Gasteiger partial charge in [0.05, 0.1) is 33.5 Å². The van der Waals surface area contributed by atoms with Gasteiger partial charge in [0.25, 0.3) is 20.2 Å². The highest BCUT2D eigenvalue weighted by molar-refractivity contribution is 7.93. The van der Waals surface area contributed by atoms with Crippen LogP contribution >= 0.6 is 0 Å². The molecule has 0 amide bonds. The Labute approximate surface area is 166 Å². The van der Waals surface area contributed by atoms with Crippen LogP contribution in [0.25, 0.3) is 0 Å². The van der Waals surface area contributed by atoms with E-state index < -0.39 is 52.2 Å². The van der Waals surface area contributed by atoms with Gasteiger partial charge in [-0.1, -0.05) is 0 Å². The number of anilines is 2. The highest BCUT2D eigenvalue weighted by Gasteiger charge is 2.19. The molecule has 2 rings (SSSR count). The minimum absolute atomic E-state index is 0.0111. The second kappa shape index (κ2) is 8.03. The average molecular weight is 465 g/mol. The third-order valence-corrected chi connectivity index (χ3v) is 7.18. The first-order chi connectivity index (χ1) is 13.2. The van der Waals surface area contributed by atoms with Gasteiger partial charge < -0.3 is 11.5 Å². The summed E-state index contributed by atoms with van der Waals surface area (Å²) >= 11 is 0. The van der Waals surface area contributed by atoms with Crippen molar-refractivity contribution < 1.29 is 34.4 Å². The number of nitrogen functional groups attached to an aromatic ring is 2. The van der Waals surface area contributed by atoms with Crippen molar-refractivity contribution in [2.45, 2.75) is 9.79 Å². The Balaban J connectivity index is 2.30. The van der Waals surface area contributed by atoms with Crippen LogP contribution in [0.2, 0.25) is 0 Å². The van der Waals surface area contributed by atoms with E-state index in [1.165, 1.54) is 18.2 Å². The molecule has 0 spiro atoms. The summed E-state index contributed by atoms with van der Waals surface area (Å²) in [5.41, 5.74) is 10.9. The van der Waals surface area contributed by atoms with Gasteiger partial charge in [-0.2, -0.15) is 21.9 Å². The topological polar surface area (TPSA) is 220 Å². The van der Waals surface area contributed by atoms with Crippen molar-refractivity contribution in [1.29, 1.82) is 0 Å². The van der Waals surface area contributed by atoms with E-state index in [9.17, 15) is 25.3 Å². The van der Waals surface area contributed by atoms with Gasteiger partial charge >= 0.3 is 0 Å². The molecule has 158 valence electrons. The molecular formula is C14H16N4O8S3. The summed E-state index contributed by atoms with van der Waals surface area (Å²) in [6.07, 6.45) is 0. The summed E-state index contributed by atoms with van der Waals surface area (Å²) in [5, 5.41) is 7.54. The van der Waals surface area contributed by atoms with Gasteiger partial charge in [0, 0.05) is 0 Å². The van der Waals surface area contributed by atoms with Crippen LogP contribution in [-0.4, -0.2) is 45.9 Å². The molecule has 0 heterocycles. The molecule has 0 bridgehead atoms. The summed E-state index contributed by atoms with van der Waals surface area (Å²) in [6, 6.07) is 6.97. The Hall–Kier alpha value is -2.59. The largest absolute Gasteiger partial charge is 0.397 e. The van der Waals surface area contributed by atoms with Gasteiger partial charge in [-0.25, -0.2) is 8.42 Å². The van der Waals surface area contributed by atoms with Crippen LogP contribution in [0.4, 0.5) is 22.7 Å². The highest BCUT2D eigenvalue weighted by Crippen LogP contribution is 2.35. The molecule has 6 N–H and O–H groups in total. The molecule has 15 heteroatoms. The van der Waals surface area contributed by atoms with Gasteiger partial charge in [-0.05, 0) is 36.4 Å². The van der Waals surface area contributed by atoms with E-state index in [1.807, 2.05) is 0 Å². The fourth-order valence-electron chi connectivity index (χ4n) is 2.10. The lowest BCUT2D eigenvalue weighted by Gasteiger charge is -2.07. The normalized spacial score (nSPS) is 13.0. The lowest BCUT2D eigenvalue weighted by Crippen LogP contribution is -2.16. The summed E-state index contributed by atoms with van der Waals surface area (Å²) in [4.78, 5) is -0.798. The zero-order chi connectivity index (χ0) is 22.0. The van der Waals surface area contributed by atoms with Crippen LogP contribution in [0.1, 0.15) is 0 Å². The maximum atomic E-state index is 12.0. The SMILES string of the molecule is Nc1ccc(S(=O)(=O)O)c(N)c1N=Nc1ccc(S(=O)(=O)CCS(=O)(=O)O)cc1. The molecule has 29 heavy (non-hydrogen) atoms. The fraction of sp³-hybridized carbons (Fsp3) is 0.143. The van der Waals surface area contributed by atoms with E-state index in [0.717, 1.165) is 18.2 Å². The third kappa shape index (κ3) is 5.94. The third-order valence-electron chi connectivity index (χ3n) is 3.56. The molecule has 0 fully saturated rings. The molecule has 0 aliphatic heterocycles. The lowest BCUT2D eigenvalue weighted by atomic mass is 10.2. The first-order valence-corrected chi connectivity index (χ1v) is 12.3. The Bertz CT molecular complexity index is 1270. The van der Waals surface area contributed by atoms with E-state index in [2.05, 4.69) is 10.2 Å².